The van der Waals surface area contributed by atoms with Crippen LogP contribution in [0, 0.1) is 0 Å². The number of benzene rings is 1. The lowest BCUT2D eigenvalue weighted by Gasteiger charge is -2.20. The highest BCUT2D eigenvalue weighted by Gasteiger charge is 2.13. The Morgan fingerprint density at radius 2 is 1.60 bits per heavy atom. The molecule has 0 spiro atoms. The number of likely N-dealkylation sites (tertiary alicyclic amines) is 1. The second-order valence-electron chi connectivity index (χ2n) is 7.24. The largest absolute Gasteiger partial charge is 0.496 e. The fraction of sp³-hybridized carbons (Fsp3) is 0.682. The molecule has 1 aliphatic heterocycles. The first kappa shape index (κ1) is 26.6. The van der Waals surface area contributed by atoms with Crippen molar-refractivity contribution in [1.82, 2.24) is 15.5 Å². The number of rotatable bonds is 10. The summed E-state index contributed by atoms with van der Waals surface area (Å²) in [6.07, 6.45) is 6.54. The maximum Gasteiger partial charge on any atom is 0.191 e. The molecular weight excluding hydrogens is 495 g/mol. The predicted octanol–water partition coefficient (Wildman–Crippen LogP) is 3.65. The molecular formula is C22H39IN4O3. The summed E-state index contributed by atoms with van der Waals surface area (Å²) in [6, 6.07) is 3.71. The van der Waals surface area contributed by atoms with Crippen molar-refractivity contribution in [2.75, 3.05) is 54.1 Å². The van der Waals surface area contributed by atoms with E-state index in [1.807, 2.05) is 12.1 Å². The number of methoxy groups -OCH3 is 3. The molecule has 0 aliphatic carbocycles. The number of aliphatic imine (C=N–C) groups is 1. The molecule has 0 amide bonds. The molecule has 0 bridgehead atoms. The van der Waals surface area contributed by atoms with Crippen LogP contribution < -0.4 is 24.8 Å². The van der Waals surface area contributed by atoms with Crippen LogP contribution in [-0.2, 0) is 6.54 Å². The van der Waals surface area contributed by atoms with Crippen molar-refractivity contribution in [1.29, 1.82) is 0 Å². The standard InChI is InChI=1S/C22H38N4O3.HI/c1-5-23-22(24-11-10-14-26-12-8-6-7-9-13-26)25-17-19-20(28-3)15-18(27-2)16-21(19)29-4;/h15-16H,5-14,17H2,1-4H3,(H2,23,24,25);1H. The molecule has 172 valence electrons. The van der Waals surface area contributed by atoms with Crippen molar-refractivity contribution in [3.05, 3.63) is 17.7 Å². The average molecular weight is 534 g/mol. The Labute approximate surface area is 199 Å². The number of guanidine groups is 1. The molecule has 2 N–H and O–H groups in total. The van der Waals surface area contributed by atoms with Gasteiger partial charge >= 0.3 is 0 Å². The van der Waals surface area contributed by atoms with Gasteiger partial charge in [-0.15, -0.1) is 24.0 Å². The van der Waals surface area contributed by atoms with Crippen LogP contribution in [0.5, 0.6) is 17.2 Å². The first-order valence-electron chi connectivity index (χ1n) is 10.7. The number of hydrogen-bond donors (Lipinski definition) is 2. The predicted molar refractivity (Wildman–Crippen MR) is 134 cm³/mol. The van der Waals surface area contributed by atoms with Gasteiger partial charge in [-0.25, -0.2) is 4.99 Å². The Kier molecular flexibility index (Phi) is 13.7. The maximum absolute atomic E-state index is 5.52. The zero-order chi connectivity index (χ0) is 20.9. The molecule has 0 radical (unpaired) electrons. The first-order valence-corrected chi connectivity index (χ1v) is 10.7. The van der Waals surface area contributed by atoms with Crippen molar-refractivity contribution < 1.29 is 14.2 Å². The third-order valence-electron chi connectivity index (χ3n) is 5.20. The monoisotopic (exact) mass is 534 g/mol. The SMILES string of the molecule is CCNC(=NCc1c(OC)cc(OC)cc1OC)NCCCN1CCCCCC1.I. The average Bonchev–Trinajstić information content (AvgIpc) is 3.03. The highest BCUT2D eigenvalue weighted by molar-refractivity contribution is 14.0. The van der Waals surface area contributed by atoms with Crippen LogP contribution in [0.4, 0.5) is 0 Å². The summed E-state index contributed by atoms with van der Waals surface area (Å²) in [5, 5.41) is 6.77. The summed E-state index contributed by atoms with van der Waals surface area (Å²) < 4.78 is 16.4. The van der Waals surface area contributed by atoms with Gasteiger partial charge in [-0.1, -0.05) is 12.8 Å². The minimum atomic E-state index is 0. The van der Waals surface area contributed by atoms with E-state index in [1.165, 1.54) is 38.8 Å². The molecule has 1 aliphatic rings. The first-order chi connectivity index (χ1) is 14.2. The van der Waals surface area contributed by atoms with E-state index in [9.17, 15) is 0 Å². The lowest BCUT2D eigenvalue weighted by atomic mass is 10.1. The van der Waals surface area contributed by atoms with E-state index in [0.717, 1.165) is 37.6 Å². The summed E-state index contributed by atoms with van der Waals surface area (Å²) in [5.41, 5.74) is 0.901. The Morgan fingerprint density at radius 1 is 0.967 bits per heavy atom. The Morgan fingerprint density at radius 3 is 2.13 bits per heavy atom. The Hall–Kier alpha value is -1.42. The summed E-state index contributed by atoms with van der Waals surface area (Å²) >= 11 is 0. The van der Waals surface area contributed by atoms with Crippen LogP contribution in [0.1, 0.15) is 44.6 Å². The molecule has 0 unspecified atom stereocenters. The molecule has 2 rings (SSSR count). The van der Waals surface area contributed by atoms with Crippen LogP contribution in [-0.4, -0.2) is 64.9 Å². The van der Waals surface area contributed by atoms with Gasteiger partial charge in [0.1, 0.15) is 17.2 Å². The molecule has 0 atom stereocenters. The molecule has 7 nitrogen and oxygen atoms in total. The van der Waals surface area contributed by atoms with E-state index in [4.69, 9.17) is 19.2 Å². The fourth-order valence-electron chi connectivity index (χ4n) is 3.60. The minimum Gasteiger partial charge on any atom is -0.496 e. The van der Waals surface area contributed by atoms with Crippen molar-refractivity contribution in [3.63, 3.8) is 0 Å². The number of hydrogen-bond acceptors (Lipinski definition) is 5. The van der Waals surface area contributed by atoms with Crippen molar-refractivity contribution in [2.24, 2.45) is 4.99 Å². The molecule has 30 heavy (non-hydrogen) atoms. The third-order valence-corrected chi connectivity index (χ3v) is 5.20. The van der Waals surface area contributed by atoms with Gasteiger partial charge in [-0.05, 0) is 45.8 Å². The smallest absolute Gasteiger partial charge is 0.191 e. The summed E-state index contributed by atoms with van der Waals surface area (Å²) in [4.78, 5) is 7.32. The summed E-state index contributed by atoms with van der Waals surface area (Å²) in [5.74, 6) is 2.93. The summed E-state index contributed by atoms with van der Waals surface area (Å²) in [6.45, 7) is 7.87. The normalized spacial score (nSPS) is 15.0. The Balaban J connectivity index is 0.00000450. The van der Waals surface area contributed by atoms with Gasteiger partial charge in [0, 0.05) is 25.2 Å². The lowest BCUT2D eigenvalue weighted by Crippen LogP contribution is -2.39. The van der Waals surface area contributed by atoms with Gasteiger partial charge in [0.15, 0.2) is 5.96 Å². The van der Waals surface area contributed by atoms with E-state index in [2.05, 4.69) is 22.5 Å². The molecule has 0 aromatic heterocycles. The maximum atomic E-state index is 5.52. The van der Waals surface area contributed by atoms with Gasteiger partial charge in [-0.3, -0.25) is 0 Å². The number of ether oxygens (including phenoxy) is 3. The summed E-state index contributed by atoms with van der Waals surface area (Å²) in [7, 11) is 4.92. The highest BCUT2D eigenvalue weighted by Crippen LogP contribution is 2.34. The quantitative estimate of drug-likeness (QED) is 0.207. The van der Waals surface area contributed by atoms with Crippen LogP contribution in [0.2, 0.25) is 0 Å². The van der Waals surface area contributed by atoms with Crippen LogP contribution >= 0.6 is 24.0 Å². The zero-order valence-corrected chi connectivity index (χ0v) is 21.3. The van der Waals surface area contributed by atoms with Gasteiger partial charge in [-0.2, -0.15) is 0 Å². The lowest BCUT2D eigenvalue weighted by molar-refractivity contribution is 0.282. The second kappa shape index (κ2) is 15.4. The van der Waals surface area contributed by atoms with E-state index in [-0.39, 0.29) is 24.0 Å². The third kappa shape index (κ3) is 8.75. The molecule has 1 aromatic carbocycles. The second-order valence-corrected chi connectivity index (χ2v) is 7.24. The van der Waals surface area contributed by atoms with E-state index in [1.54, 1.807) is 21.3 Å². The molecule has 1 saturated heterocycles. The fourth-order valence-corrected chi connectivity index (χ4v) is 3.60. The topological polar surface area (TPSA) is 67.4 Å². The highest BCUT2D eigenvalue weighted by atomic mass is 127. The minimum absolute atomic E-state index is 0. The van der Waals surface area contributed by atoms with Crippen LogP contribution in [0.25, 0.3) is 0 Å². The number of nitrogens with one attached hydrogen (secondary N) is 2. The molecule has 8 heteroatoms. The van der Waals surface area contributed by atoms with Crippen LogP contribution in [0.15, 0.2) is 17.1 Å². The molecule has 0 saturated carbocycles. The molecule has 1 fully saturated rings. The van der Waals surface area contributed by atoms with Crippen molar-refractivity contribution in [2.45, 2.75) is 45.6 Å². The molecule has 1 heterocycles. The Bertz CT molecular complexity index is 610. The van der Waals surface area contributed by atoms with Gasteiger partial charge in [0.25, 0.3) is 0 Å². The molecule has 1 aromatic rings. The zero-order valence-electron chi connectivity index (χ0n) is 19.0. The van der Waals surface area contributed by atoms with Crippen LogP contribution in [0.3, 0.4) is 0 Å². The van der Waals surface area contributed by atoms with Crippen molar-refractivity contribution >= 4 is 29.9 Å². The number of halogens is 1. The van der Waals surface area contributed by atoms with E-state index in [0.29, 0.717) is 23.8 Å². The number of nitrogens with zero attached hydrogens (tertiary/aromatic N) is 2. The van der Waals surface area contributed by atoms with Gasteiger partial charge in [0.2, 0.25) is 0 Å². The van der Waals surface area contributed by atoms with Crippen molar-refractivity contribution in [3.8, 4) is 17.2 Å². The van der Waals surface area contributed by atoms with Gasteiger partial charge < -0.3 is 29.7 Å². The van der Waals surface area contributed by atoms with Gasteiger partial charge in [0.05, 0.1) is 33.4 Å². The van der Waals surface area contributed by atoms with E-state index >= 15 is 0 Å². The van der Waals surface area contributed by atoms with E-state index < -0.39 is 0 Å².